The van der Waals surface area contributed by atoms with Gasteiger partial charge < -0.3 is 15.8 Å². The monoisotopic (exact) mass is 376 g/mol. The molecule has 0 saturated heterocycles. The normalized spacial score (nSPS) is 14.9. The van der Waals surface area contributed by atoms with E-state index in [-0.39, 0.29) is 12.2 Å². The van der Waals surface area contributed by atoms with Gasteiger partial charge in [0.1, 0.15) is 5.82 Å². The van der Waals surface area contributed by atoms with E-state index in [9.17, 15) is 35.5 Å². The van der Waals surface area contributed by atoms with Crippen molar-refractivity contribution in [3.05, 3.63) is 35.1 Å². The van der Waals surface area contributed by atoms with Crippen molar-refractivity contribution in [2.75, 3.05) is 13.2 Å². The second-order valence-corrected chi connectivity index (χ2v) is 5.11. The Morgan fingerprint density at radius 2 is 1.80 bits per heavy atom. The van der Waals surface area contributed by atoms with Gasteiger partial charge in [-0.25, -0.2) is 9.18 Å². The fourth-order valence-corrected chi connectivity index (χ4v) is 1.85. The van der Waals surface area contributed by atoms with Crippen LogP contribution in [0.3, 0.4) is 0 Å². The summed E-state index contributed by atoms with van der Waals surface area (Å²) in [6, 6.07) is 1.90. The van der Waals surface area contributed by atoms with Crippen molar-refractivity contribution in [2.45, 2.75) is 31.4 Å². The van der Waals surface area contributed by atoms with Gasteiger partial charge in [-0.2, -0.15) is 26.3 Å². The van der Waals surface area contributed by atoms with Crippen molar-refractivity contribution in [2.24, 2.45) is 5.73 Å². The number of hydrogen-bond acceptors (Lipinski definition) is 4. The second-order valence-electron chi connectivity index (χ2n) is 5.11. The molecular weight excluding hydrogens is 361 g/mol. The minimum Gasteiger partial charge on any atom is -0.464 e. The SMILES string of the molecule is CCOC(=O)[C@@](N)(CNCc1ccc(C(F)(F)F)c(F)c1)C(F)(F)F. The average Bonchev–Trinajstić information content (AvgIpc) is 2.44. The van der Waals surface area contributed by atoms with Gasteiger partial charge in [0, 0.05) is 13.1 Å². The van der Waals surface area contributed by atoms with Crippen LogP contribution in [0.25, 0.3) is 0 Å². The molecule has 0 unspecified atom stereocenters. The molecule has 0 aromatic heterocycles. The van der Waals surface area contributed by atoms with Crippen LogP contribution in [0.2, 0.25) is 0 Å². The zero-order valence-electron chi connectivity index (χ0n) is 12.9. The maximum Gasteiger partial charge on any atom is 0.419 e. The van der Waals surface area contributed by atoms with Gasteiger partial charge in [-0.05, 0) is 24.6 Å². The van der Waals surface area contributed by atoms with E-state index in [4.69, 9.17) is 5.73 Å². The molecule has 1 aromatic carbocycles. The number of carbonyl (C=O) groups is 1. The van der Waals surface area contributed by atoms with Gasteiger partial charge in [-0.15, -0.1) is 0 Å². The van der Waals surface area contributed by atoms with Gasteiger partial charge in [0.2, 0.25) is 5.54 Å². The van der Waals surface area contributed by atoms with Crippen molar-refractivity contribution < 1.29 is 40.3 Å². The van der Waals surface area contributed by atoms with E-state index in [2.05, 4.69) is 10.1 Å². The highest BCUT2D eigenvalue weighted by Gasteiger charge is 2.58. The van der Waals surface area contributed by atoms with Crippen molar-refractivity contribution in [3.8, 4) is 0 Å². The Morgan fingerprint density at radius 3 is 2.24 bits per heavy atom. The molecule has 1 rings (SSSR count). The number of nitrogens with two attached hydrogens (primary N) is 1. The van der Waals surface area contributed by atoms with Crippen molar-refractivity contribution in [3.63, 3.8) is 0 Å². The van der Waals surface area contributed by atoms with E-state index in [1.807, 2.05) is 0 Å². The summed E-state index contributed by atoms with van der Waals surface area (Å²) in [5.41, 5.74) is 0.204. The summed E-state index contributed by atoms with van der Waals surface area (Å²) in [5, 5.41) is 2.18. The zero-order valence-corrected chi connectivity index (χ0v) is 12.9. The number of nitrogens with one attached hydrogen (secondary N) is 1. The number of alkyl halides is 6. The number of halogens is 7. The van der Waals surface area contributed by atoms with E-state index in [0.717, 1.165) is 6.07 Å². The predicted octanol–water partition coefficient (Wildman–Crippen LogP) is 2.76. The van der Waals surface area contributed by atoms with Crippen LogP contribution < -0.4 is 11.1 Å². The molecule has 0 saturated carbocycles. The summed E-state index contributed by atoms with van der Waals surface area (Å²) < 4.78 is 94.0. The van der Waals surface area contributed by atoms with Crippen LogP contribution in [0.15, 0.2) is 18.2 Å². The van der Waals surface area contributed by atoms with Gasteiger partial charge in [0.05, 0.1) is 12.2 Å². The number of benzene rings is 1. The fraction of sp³-hybridized carbons (Fsp3) is 0.500. The predicted molar refractivity (Wildman–Crippen MR) is 72.7 cm³/mol. The molecular formula is C14H15F7N2O2. The Bertz CT molecular complexity index is 616. The average molecular weight is 376 g/mol. The van der Waals surface area contributed by atoms with Crippen LogP contribution in [-0.2, 0) is 22.3 Å². The third-order valence-electron chi connectivity index (χ3n) is 3.22. The first-order valence-corrected chi connectivity index (χ1v) is 6.92. The highest BCUT2D eigenvalue weighted by atomic mass is 19.4. The lowest BCUT2D eigenvalue weighted by Crippen LogP contribution is -2.65. The Hall–Kier alpha value is -1.88. The molecule has 0 aliphatic heterocycles. The van der Waals surface area contributed by atoms with E-state index in [0.29, 0.717) is 12.1 Å². The Morgan fingerprint density at radius 1 is 1.20 bits per heavy atom. The van der Waals surface area contributed by atoms with Crippen LogP contribution in [0, 0.1) is 5.82 Å². The van der Waals surface area contributed by atoms with Gasteiger partial charge in [0.25, 0.3) is 0 Å². The van der Waals surface area contributed by atoms with E-state index < -0.39 is 48.3 Å². The molecule has 0 amide bonds. The lowest BCUT2D eigenvalue weighted by atomic mass is 10.00. The van der Waals surface area contributed by atoms with Gasteiger partial charge in [-0.1, -0.05) is 6.07 Å². The Balaban J connectivity index is 2.83. The van der Waals surface area contributed by atoms with Crippen molar-refractivity contribution >= 4 is 5.97 Å². The number of esters is 1. The summed E-state index contributed by atoms with van der Waals surface area (Å²) in [7, 11) is 0. The molecule has 3 N–H and O–H groups in total. The summed E-state index contributed by atoms with van der Waals surface area (Å²) in [4.78, 5) is 11.5. The highest BCUT2D eigenvalue weighted by Crippen LogP contribution is 2.32. The molecule has 0 heterocycles. The molecule has 0 spiro atoms. The number of ether oxygens (including phenoxy) is 1. The Labute approximate surface area is 138 Å². The number of carbonyl (C=O) groups excluding carboxylic acids is 1. The zero-order chi connectivity index (χ0) is 19.5. The topological polar surface area (TPSA) is 64.3 Å². The maximum atomic E-state index is 13.4. The molecule has 0 radical (unpaired) electrons. The largest absolute Gasteiger partial charge is 0.464 e. The molecule has 0 aliphatic carbocycles. The molecule has 4 nitrogen and oxygen atoms in total. The molecule has 0 bridgehead atoms. The van der Waals surface area contributed by atoms with Crippen LogP contribution in [0.4, 0.5) is 30.7 Å². The van der Waals surface area contributed by atoms with Crippen molar-refractivity contribution in [1.29, 1.82) is 0 Å². The van der Waals surface area contributed by atoms with Gasteiger partial charge in [-0.3, -0.25) is 0 Å². The van der Waals surface area contributed by atoms with Crippen LogP contribution >= 0.6 is 0 Å². The first kappa shape index (κ1) is 21.2. The van der Waals surface area contributed by atoms with E-state index in [1.165, 1.54) is 6.92 Å². The standard InChI is InChI=1S/C14H15F7N2O2/c1-2-25-11(24)12(22,14(19,20)21)7-23-6-8-3-4-9(10(15)5-8)13(16,17)18/h3-5,23H,2,6-7,22H2,1H3/t12-/m0/s1. The lowest BCUT2D eigenvalue weighted by Gasteiger charge is -2.29. The van der Waals surface area contributed by atoms with Crippen LogP contribution in [-0.4, -0.2) is 30.8 Å². The summed E-state index contributed by atoms with van der Waals surface area (Å²) in [6.45, 7) is -0.563. The molecule has 1 aromatic rings. The first-order valence-electron chi connectivity index (χ1n) is 6.92. The third kappa shape index (κ3) is 5.05. The quantitative estimate of drug-likeness (QED) is 0.592. The van der Waals surface area contributed by atoms with Crippen molar-refractivity contribution in [1.82, 2.24) is 5.32 Å². The van der Waals surface area contributed by atoms with Gasteiger partial charge in [0.15, 0.2) is 0 Å². The minimum absolute atomic E-state index is 0.0566. The lowest BCUT2D eigenvalue weighted by molar-refractivity contribution is -0.204. The molecule has 11 heteroatoms. The number of rotatable bonds is 6. The molecule has 25 heavy (non-hydrogen) atoms. The first-order chi connectivity index (χ1) is 11.3. The number of hydrogen-bond donors (Lipinski definition) is 2. The maximum absolute atomic E-state index is 13.4. The Kier molecular flexibility index (Phi) is 6.40. The fourth-order valence-electron chi connectivity index (χ4n) is 1.85. The van der Waals surface area contributed by atoms with Crippen LogP contribution in [0.1, 0.15) is 18.1 Å². The summed E-state index contributed by atoms with van der Waals surface area (Å²) >= 11 is 0. The van der Waals surface area contributed by atoms with E-state index >= 15 is 0 Å². The highest BCUT2D eigenvalue weighted by molar-refractivity contribution is 5.82. The summed E-state index contributed by atoms with van der Waals surface area (Å²) in [5.74, 6) is -3.26. The van der Waals surface area contributed by atoms with Gasteiger partial charge >= 0.3 is 18.3 Å². The van der Waals surface area contributed by atoms with E-state index in [1.54, 1.807) is 0 Å². The minimum atomic E-state index is -5.13. The smallest absolute Gasteiger partial charge is 0.419 e. The molecule has 0 fully saturated rings. The summed E-state index contributed by atoms with van der Waals surface area (Å²) in [6.07, 6.45) is -10.0. The molecule has 0 aliphatic rings. The molecule has 142 valence electrons. The second kappa shape index (κ2) is 7.56. The van der Waals surface area contributed by atoms with Crippen LogP contribution in [0.5, 0.6) is 0 Å². The molecule has 1 atom stereocenters. The third-order valence-corrected chi connectivity index (χ3v) is 3.22.